The molecular formula is C52H87N11O13S2. The van der Waals surface area contributed by atoms with Crippen LogP contribution in [0.15, 0.2) is 18.2 Å². The average molecular weight is 1140 g/mol. The van der Waals surface area contributed by atoms with Crippen molar-refractivity contribution in [2.45, 2.75) is 112 Å². The zero-order chi connectivity index (χ0) is 55.6. The molecule has 4 aliphatic heterocycles. The van der Waals surface area contributed by atoms with Gasteiger partial charge in [0.2, 0.25) is 11.8 Å². The summed E-state index contributed by atoms with van der Waals surface area (Å²) >= 11 is 3.78. The molecule has 0 radical (unpaired) electrons. The first-order chi connectivity index (χ1) is 38.0. The Labute approximate surface area is 467 Å². The molecule has 0 aliphatic carbocycles. The molecule has 4 saturated heterocycles. The van der Waals surface area contributed by atoms with Crippen LogP contribution < -0.4 is 53.6 Å². The molecule has 4 aliphatic rings. The number of urea groups is 3. The summed E-state index contributed by atoms with van der Waals surface area (Å²) in [5, 5.41) is 27.1. The topological polar surface area (TPSA) is 312 Å². The lowest BCUT2D eigenvalue weighted by Crippen LogP contribution is -2.36. The predicted octanol–water partition coefficient (Wildman–Crippen LogP) is 1.91. The number of carbonyl (C=O) groups is 7. The van der Waals surface area contributed by atoms with Crippen LogP contribution in [0, 0.1) is 0 Å². The third-order valence-electron chi connectivity index (χ3n) is 13.2. The fourth-order valence-corrected chi connectivity index (χ4v) is 12.1. The summed E-state index contributed by atoms with van der Waals surface area (Å²) in [6.45, 7) is 7.37. The molecule has 5 rings (SSSR count). The molecule has 11 N–H and O–H groups in total. The summed E-state index contributed by atoms with van der Waals surface area (Å²) < 4.78 is 33.7. The molecule has 6 unspecified atom stereocenters. The maximum atomic E-state index is 13.2. The molecule has 440 valence electrons. The molecule has 0 saturated carbocycles. The summed E-state index contributed by atoms with van der Waals surface area (Å²) in [6, 6.07) is 4.76. The Kier molecular flexibility index (Phi) is 31.3. The van der Waals surface area contributed by atoms with Gasteiger partial charge < -0.3 is 86.9 Å². The normalized spacial score (nSPS) is 20.0. The number of anilines is 1. The highest BCUT2D eigenvalue weighted by Gasteiger charge is 2.43. The van der Waals surface area contributed by atoms with Gasteiger partial charge in [-0.2, -0.15) is 23.5 Å². The second kappa shape index (κ2) is 38.1. The highest BCUT2D eigenvalue weighted by atomic mass is 32.2. The SMILES string of the molecule is CN(CCN)C(=O)Nc1cc(C(=O)NCCCOCCOCCOCCCNC(=O)CCCCC2SCC3NC(=O)NC32)cc(C(=O)NCCCOCCOCCOCCCNC(=O)CCCCC2SCC3NC(=O)NC32)c1. The van der Waals surface area contributed by atoms with E-state index in [1.165, 1.54) is 23.1 Å². The molecule has 24 nitrogen and oxygen atoms in total. The van der Waals surface area contributed by atoms with Crippen LogP contribution >= 0.6 is 23.5 Å². The first kappa shape index (κ1) is 64.2. The van der Waals surface area contributed by atoms with E-state index in [1.54, 1.807) is 7.05 Å². The number of likely N-dealkylation sites (N-methyl/N-ethyl adjacent to an activating group) is 1. The number of unbranched alkanes of at least 4 members (excludes halogenated alkanes) is 2. The van der Waals surface area contributed by atoms with Crippen LogP contribution in [0.4, 0.5) is 20.1 Å². The minimum absolute atomic E-state index is 0.0446. The van der Waals surface area contributed by atoms with Crippen molar-refractivity contribution < 1.29 is 62.0 Å². The lowest BCUT2D eigenvalue weighted by molar-refractivity contribution is -0.122. The molecular weight excluding hydrogens is 1050 g/mol. The van der Waals surface area contributed by atoms with Crippen LogP contribution in [0.3, 0.4) is 0 Å². The van der Waals surface area contributed by atoms with E-state index in [2.05, 4.69) is 47.9 Å². The Morgan fingerprint density at radius 3 is 1.32 bits per heavy atom. The number of fused-ring (bicyclic) bond motifs is 2. The maximum absolute atomic E-state index is 13.2. The van der Waals surface area contributed by atoms with E-state index < -0.39 is 17.8 Å². The van der Waals surface area contributed by atoms with Gasteiger partial charge in [0.05, 0.1) is 77.0 Å². The van der Waals surface area contributed by atoms with Crippen molar-refractivity contribution in [2.75, 3.05) is 142 Å². The van der Waals surface area contributed by atoms with E-state index in [1.807, 2.05) is 23.5 Å². The number of nitrogens with two attached hydrogens (primary N) is 1. The molecule has 0 bridgehead atoms. The first-order valence-electron chi connectivity index (χ1n) is 27.8. The Morgan fingerprint density at radius 2 is 0.923 bits per heavy atom. The smallest absolute Gasteiger partial charge is 0.321 e. The molecule has 0 aromatic heterocycles. The van der Waals surface area contributed by atoms with Gasteiger partial charge in [-0.15, -0.1) is 0 Å². The molecule has 78 heavy (non-hydrogen) atoms. The number of rotatable bonds is 43. The van der Waals surface area contributed by atoms with Gasteiger partial charge in [-0.3, -0.25) is 19.2 Å². The first-order valence-corrected chi connectivity index (χ1v) is 29.9. The number of benzene rings is 1. The molecule has 0 spiro atoms. The van der Waals surface area contributed by atoms with E-state index >= 15 is 0 Å². The molecule has 1 aromatic rings. The van der Waals surface area contributed by atoms with Crippen molar-refractivity contribution in [1.29, 1.82) is 0 Å². The van der Waals surface area contributed by atoms with Gasteiger partial charge in [-0.1, -0.05) is 12.8 Å². The molecule has 1 aromatic carbocycles. The van der Waals surface area contributed by atoms with Crippen LogP contribution in [0.25, 0.3) is 0 Å². The quantitative estimate of drug-likeness (QED) is 0.0330. The van der Waals surface area contributed by atoms with Gasteiger partial charge in [0.1, 0.15) is 0 Å². The fourth-order valence-electron chi connectivity index (χ4n) is 9.05. The summed E-state index contributed by atoms with van der Waals surface area (Å²) in [5.74, 6) is 1.14. The second-order valence-corrected chi connectivity index (χ2v) is 22.0. The summed E-state index contributed by atoms with van der Waals surface area (Å²) in [4.78, 5) is 88.1. The van der Waals surface area contributed by atoms with Crippen molar-refractivity contribution in [2.24, 2.45) is 5.73 Å². The van der Waals surface area contributed by atoms with Gasteiger partial charge >= 0.3 is 18.1 Å². The van der Waals surface area contributed by atoms with Crippen LogP contribution in [-0.4, -0.2) is 218 Å². The predicted molar refractivity (Wildman–Crippen MR) is 299 cm³/mol. The monoisotopic (exact) mass is 1140 g/mol. The van der Waals surface area contributed by atoms with Gasteiger partial charge in [-0.25, -0.2) is 14.4 Å². The Morgan fingerprint density at radius 1 is 0.538 bits per heavy atom. The average Bonchev–Trinajstić information content (AvgIpc) is 4.22. The number of thioether (sulfide) groups is 2. The lowest BCUT2D eigenvalue weighted by atomic mass is 10.0. The van der Waals surface area contributed by atoms with Crippen LogP contribution in [0.1, 0.15) is 97.8 Å². The molecule has 26 heteroatoms. The van der Waals surface area contributed by atoms with Crippen molar-refractivity contribution in [3.8, 4) is 0 Å². The zero-order valence-corrected chi connectivity index (χ0v) is 47.1. The number of hydrogen-bond donors (Lipinski definition) is 10. The number of ether oxygens (including phenoxy) is 6. The molecule has 4 fully saturated rings. The van der Waals surface area contributed by atoms with Crippen molar-refractivity contribution in [1.82, 2.24) is 47.4 Å². The van der Waals surface area contributed by atoms with Crippen molar-refractivity contribution in [3.05, 3.63) is 29.3 Å². The lowest BCUT2D eigenvalue weighted by Gasteiger charge is -2.18. The maximum Gasteiger partial charge on any atom is 0.321 e. The van der Waals surface area contributed by atoms with Crippen molar-refractivity contribution in [3.63, 3.8) is 0 Å². The highest BCUT2D eigenvalue weighted by Crippen LogP contribution is 2.34. The molecule has 10 amide bonds. The number of carbonyl (C=O) groups excluding carboxylic acids is 7. The molecule has 6 atom stereocenters. The summed E-state index contributed by atoms with van der Waals surface area (Å²) in [6.07, 6.45) is 9.02. The van der Waals surface area contributed by atoms with Crippen LogP contribution in [-0.2, 0) is 38.0 Å². The Hall–Kier alpha value is -4.67. The van der Waals surface area contributed by atoms with Gasteiger partial charge in [0.25, 0.3) is 11.8 Å². The van der Waals surface area contributed by atoms with E-state index in [0.717, 1.165) is 50.0 Å². The minimum atomic E-state index is -0.436. The number of nitrogens with zero attached hydrogens (tertiary/aromatic N) is 1. The van der Waals surface area contributed by atoms with Gasteiger partial charge in [0, 0.05) is 124 Å². The van der Waals surface area contributed by atoms with E-state index in [-0.39, 0.29) is 71.4 Å². The summed E-state index contributed by atoms with van der Waals surface area (Å²) in [5.41, 5.74) is 6.30. The van der Waals surface area contributed by atoms with Gasteiger partial charge in [0.15, 0.2) is 0 Å². The van der Waals surface area contributed by atoms with E-state index in [9.17, 15) is 33.6 Å². The second-order valence-electron chi connectivity index (χ2n) is 19.5. The van der Waals surface area contributed by atoms with Crippen molar-refractivity contribution >= 4 is 70.9 Å². The summed E-state index contributed by atoms with van der Waals surface area (Å²) in [7, 11) is 1.60. The molecule has 4 heterocycles. The number of nitrogens with one attached hydrogen (secondary N) is 9. The Balaban J connectivity index is 0.811. The fraction of sp³-hybridized carbons (Fsp3) is 0.750. The largest absolute Gasteiger partial charge is 0.379 e. The van der Waals surface area contributed by atoms with Gasteiger partial charge in [-0.05, 0) is 69.6 Å². The Bertz CT molecular complexity index is 1880. The number of amides is 10. The van der Waals surface area contributed by atoms with Crippen LogP contribution in [0.5, 0.6) is 0 Å². The van der Waals surface area contributed by atoms with E-state index in [4.69, 9.17) is 34.2 Å². The minimum Gasteiger partial charge on any atom is -0.379 e. The highest BCUT2D eigenvalue weighted by molar-refractivity contribution is 8.00. The zero-order valence-electron chi connectivity index (χ0n) is 45.5. The third kappa shape index (κ3) is 25.2. The van der Waals surface area contributed by atoms with Crippen LogP contribution in [0.2, 0.25) is 0 Å². The standard InChI is InChI=1S/C52H87N11O13S2/c1-63(19-14-53)52(70)58-39-33-37(48(66)56-17-8-22-73-26-30-75-28-24-71-20-6-15-54-44(64)12-4-2-10-42-46-40(35-77-42)59-50(68)61-46)32-38(34-39)49(67)57-18-9-23-74-27-31-76-29-25-72-21-7-16-55-45(65)13-5-3-11-43-47-41(36-78-43)60-51(69)62-47/h32-34,40-43,46-47H,2-31,35-36,53H2,1H3,(H,54,64)(H,55,65)(H,56,66)(H,57,67)(H,58,70)(H2,59,61,68)(H2,60,62,69). The number of hydrogen-bond acceptors (Lipinski definition) is 16. The third-order valence-corrected chi connectivity index (χ3v) is 16.3. The van der Waals surface area contributed by atoms with E-state index in [0.29, 0.717) is 161 Å².